The SMILES string of the molecule is CCC1(CNS(=O)(=O)c2cc(Br)cc(CO)c2F)CC1. The van der Waals surface area contributed by atoms with Crippen molar-refractivity contribution in [3.63, 3.8) is 0 Å². The fourth-order valence-corrected chi connectivity index (χ4v) is 4.04. The molecule has 0 atom stereocenters. The van der Waals surface area contributed by atoms with Crippen LogP contribution in [0.2, 0.25) is 0 Å². The Kier molecular flexibility index (Phi) is 4.53. The predicted molar refractivity (Wildman–Crippen MR) is 77.2 cm³/mol. The summed E-state index contributed by atoms with van der Waals surface area (Å²) in [6.45, 7) is 1.80. The molecule has 0 bridgehead atoms. The summed E-state index contributed by atoms with van der Waals surface area (Å²) in [5.74, 6) is -0.899. The van der Waals surface area contributed by atoms with E-state index in [9.17, 15) is 12.8 Å². The molecule has 4 nitrogen and oxygen atoms in total. The van der Waals surface area contributed by atoms with E-state index in [4.69, 9.17) is 5.11 Å². The van der Waals surface area contributed by atoms with Crippen molar-refractivity contribution >= 4 is 26.0 Å². The third-order valence-corrected chi connectivity index (χ3v) is 5.74. The molecule has 112 valence electrons. The summed E-state index contributed by atoms with van der Waals surface area (Å²) in [5.41, 5.74) is -0.00795. The van der Waals surface area contributed by atoms with Crippen molar-refractivity contribution in [3.8, 4) is 0 Å². The van der Waals surface area contributed by atoms with Gasteiger partial charge in [-0.1, -0.05) is 22.9 Å². The number of nitrogens with one attached hydrogen (secondary N) is 1. The van der Waals surface area contributed by atoms with Crippen LogP contribution in [0.25, 0.3) is 0 Å². The maximum atomic E-state index is 14.1. The molecular formula is C13H17BrFNO3S. The van der Waals surface area contributed by atoms with E-state index in [0.29, 0.717) is 11.0 Å². The minimum Gasteiger partial charge on any atom is -0.392 e. The number of rotatable bonds is 6. The summed E-state index contributed by atoms with van der Waals surface area (Å²) in [6, 6.07) is 2.57. The van der Waals surface area contributed by atoms with E-state index >= 15 is 0 Å². The number of benzene rings is 1. The van der Waals surface area contributed by atoms with Crippen LogP contribution < -0.4 is 4.72 Å². The summed E-state index contributed by atoms with van der Waals surface area (Å²) in [6.07, 6.45) is 2.89. The molecule has 2 rings (SSSR count). The molecule has 0 unspecified atom stereocenters. The lowest BCUT2D eigenvalue weighted by Crippen LogP contribution is -2.31. The second kappa shape index (κ2) is 5.71. The maximum Gasteiger partial charge on any atom is 0.243 e. The van der Waals surface area contributed by atoms with E-state index in [1.807, 2.05) is 6.92 Å². The van der Waals surface area contributed by atoms with E-state index in [2.05, 4.69) is 20.7 Å². The summed E-state index contributed by atoms with van der Waals surface area (Å²) in [5, 5.41) is 9.06. The van der Waals surface area contributed by atoms with Gasteiger partial charge in [0.15, 0.2) is 0 Å². The molecule has 1 saturated carbocycles. The Hall–Kier alpha value is -0.500. The number of aliphatic hydroxyl groups is 1. The standard InChI is InChI=1S/C13H17BrFNO3S/c1-2-13(3-4-13)8-16-20(18,19)11-6-10(14)5-9(7-17)12(11)15/h5-6,16-17H,2-4,7-8H2,1H3. The first-order valence-electron chi connectivity index (χ1n) is 6.42. The lowest BCUT2D eigenvalue weighted by Gasteiger charge is -2.15. The Balaban J connectivity index is 2.27. The minimum atomic E-state index is -3.92. The van der Waals surface area contributed by atoms with Gasteiger partial charge in [0.2, 0.25) is 10.0 Å². The Bertz CT molecular complexity index is 614. The van der Waals surface area contributed by atoms with Crippen molar-refractivity contribution in [1.82, 2.24) is 4.72 Å². The van der Waals surface area contributed by atoms with Gasteiger partial charge in [-0.2, -0.15) is 0 Å². The second-order valence-corrected chi connectivity index (χ2v) is 7.86. The van der Waals surface area contributed by atoms with E-state index in [-0.39, 0.29) is 11.0 Å². The number of hydrogen-bond acceptors (Lipinski definition) is 3. The van der Waals surface area contributed by atoms with Crippen molar-refractivity contribution in [2.24, 2.45) is 5.41 Å². The summed E-state index contributed by atoms with van der Waals surface area (Å²) in [7, 11) is -3.92. The summed E-state index contributed by atoms with van der Waals surface area (Å²) < 4.78 is 41.4. The molecule has 2 N–H and O–H groups in total. The zero-order valence-electron chi connectivity index (χ0n) is 11.1. The first-order chi connectivity index (χ1) is 9.33. The molecule has 20 heavy (non-hydrogen) atoms. The van der Waals surface area contributed by atoms with Crippen LogP contribution in [0.15, 0.2) is 21.5 Å². The van der Waals surface area contributed by atoms with Crippen LogP contribution in [0, 0.1) is 11.2 Å². The van der Waals surface area contributed by atoms with Crippen LogP contribution in [0.3, 0.4) is 0 Å². The average molecular weight is 366 g/mol. The molecule has 0 heterocycles. The van der Waals surface area contributed by atoms with Gasteiger partial charge < -0.3 is 5.11 Å². The largest absolute Gasteiger partial charge is 0.392 e. The van der Waals surface area contributed by atoms with Crippen molar-refractivity contribution in [3.05, 3.63) is 28.0 Å². The van der Waals surface area contributed by atoms with Gasteiger partial charge in [0.1, 0.15) is 10.7 Å². The molecule has 1 aliphatic carbocycles. The first kappa shape index (κ1) is 15.9. The Morgan fingerprint density at radius 1 is 1.45 bits per heavy atom. The van der Waals surface area contributed by atoms with E-state index < -0.39 is 27.3 Å². The maximum absolute atomic E-state index is 14.1. The molecule has 1 fully saturated rings. The number of sulfonamides is 1. The van der Waals surface area contributed by atoms with Crippen LogP contribution in [-0.4, -0.2) is 20.1 Å². The van der Waals surface area contributed by atoms with Crippen LogP contribution in [0.4, 0.5) is 4.39 Å². The zero-order chi connectivity index (χ0) is 15.0. The molecular weight excluding hydrogens is 349 g/mol. The van der Waals surface area contributed by atoms with Crippen LogP contribution in [-0.2, 0) is 16.6 Å². The van der Waals surface area contributed by atoms with E-state index in [1.165, 1.54) is 12.1 Å². The van der Waals surface area contributed by atoms with Crippen molar-refractivity contribution in [2.75, 3.05) is 6.54 Å². The lowest BCUT2D eigenvalue weighted by atomic mass is 10.1. The van der Waals surface area contributed by atoms with Gasteiger partial charge in [-0.05, 0) is 36.8 Å². The van der Waals surface area contributed by atoms with E-state index in [0.717, 1.165) is 19.3 Å². The summed E-state index contributed by atoms with van der Waals surface area (Å²) in [4.78, 5) is -0.428. The zero-order valence-corrected chi connectivity index (χ0v) is 13.5. The van der Waals surface area contributed by atoms with Crippen LogP contribution in [0.5, 0.6) is 0 Å². The molecule has 0 radical (unpaired) electrons. The molecule has 1 aliphatic rings. The first-order valence-corrected chi connectivity index (χ1v) is 8.70. The molecule has 0 aliphatic heterocycles. The number of halogens is 2. The molecule has 0 saturated heterocycles. The Morgan fingerprint density at radius 3 is 2.60 bits per heavy atom. The molecule has 1 aromatic carbocycles. The van der Waals surface area contributed by atoms with Crippen LogP contribution >= 0.6 is 15.9 Å². The lowest BCUT2D eigenvalue weighted by molar-refractivity contribution is 0.274. The highest BCUT2D eigenvalue weighted by molar-refractivity contribution is 9.10. The van der Waals surface area contributed by atoms with Crippen molar-refractivity contribution in [1.29, 1.82) is 0 Å². The molecule has 0 spiro atoms. The smallest absolute Gasteiger partial charge is 0.243 e. The third-order valence-electron chi connectivity index (χ3n) is 3.88. The molecule has 1 aromatic rings. The quantitative estimate of drug-likeness (QED) is 0.813. The highest BCUT2D eigenvalue weighted by Gasteiger charge is 2.41. The Morgan fingerprint density at radius 2 is 2.10 bits per heavy atom. The number of hydrogen-bond donors (Lipinski definition) is 2. The fourth-order valence-electron chi connectivity index (χ4n) is 2.09. The highest BCUT2D eigenvalue weighted by atomic mass is 79.9. The van der Waals surface area contributed by atoms with E-state index in [1.54, 1.807) is 0 Å². The fraction of sp³-hybridized carbons (Fsp3) is 0.538. The third kappa shape index (κ3) is 3.21. The van der Waals surface area contributed by atoms with Gasteiger partial charge in [0, 0.05) is 16.6 Å². The van der Waals surface area contributed by atoms with Gasteiger partial charge in [-0.3, -0.25) is 0 Å². The average Bonchev–Trinajstić information content (AvgIpc) is 3.19. The van der Waals surface area contributed by atoms with Gasteiger partial charge in [0.05, 0.1) is 6.61 Å². The molecule has 0 aromatic heterocycles. The molecule has 7 heteroatoms. The van der Waals surface area contributed by atoms with Gasteiger partial charge in [-0.15, -0.1) is 0 Å². The van der Waals surface area contributed by atoms with Crippen molar-refractivity contribution < 1.29 is 17.9 Å². The highest BCUT2D eigenvalue weighted by Crippen LogP contribution is 2.48. The Labute approximate surface area is 126 Å². The van der Waals surface area contributed by atoms with Crippen LogP contribution in [0.1, 0.15) is 31.7 Å². The van der Waals surface area contributed by atoms with Crippen molar-refractivity contribution in [2.45, 2.75) is 37.7 Å². The molecule has 0 amide bonds. The van der Waals surface area contributed by atoms with Gasteiger partial charge in [-0.25, -0.2) is 17.5 Å². The normalized spacial score (nSPS) is 17.2. The predicted octanol–water partition coefficient (Wildman–Crippen LogP) is 2.55. The van der Waals surface area contributed by atoms with Gasteiger partial charge >= 0.3 is 0 Å². The number of aliphatic hydroxyl groups excluding tert-OH is 1. The summed E-state index contributed by atoms with van der Waals surface area (Å²) >= 11 is 3.13. The van der Waals surface area contributed by atoms with Gasteiger partial charge in [0.25, 0.3) is 0 Å². The topological polar surface area (TPSA) is 66.4 Å². The minimum absolute atomic E-state index is 0.0371. The monoisotopic (exact) mass is 365 g/mol. The second-order valence-electron chi connectivity index (χ2n) is 5.21.